The first-order valence-corrected chi connectivity index (χ1v) is 9.88. The Labute approximate surface area is 179 Å². The van der Waals surface area contributed by atoms with Crippen LogP contribution in [0.4, 0.5) is 18.9 Å². The molecule has 3 rings (SSSR count). The molecular weight excluding hydrogens is 441 g/mol. The number of benzene rings is 2. The third kappa shape index (κ3) is 5.09. The topological polar surface area (TPSA) is 59.9 Å². The molecule has 2 aromatic carbocycles. The SMILES string of the molecule is CCOc1ccc(C=C2SC(=Nc3cc(C(F)(F)F)ccc3Cl)NC2=O)cc1OC. The number of methoxy groups -OCH3 is 1. The number of nitrogens with zero attached hydrogens (tertiary/aromatic N) is 1. The van der Waals surface area contributed by atoms with Crippen LogP contribution in [0.3, 0.4) is 0 Å². The lowest BCUT2D eigenvalue weighted by molar-refractivity contribution is -0.137. The summed E-state index contributed by atoms with van der Waals surface area (Å²) in [5, 5.41) is 2.70. The number of carbonyl (C=O) groups is 1. The van der Waals surface area contributed by atoms with Gasteiger partial charge in [0.15, 0.2) is 16.7 Å². The summed E-state index contributed by atoms with van der Waals surface area (Å²) >= 11 is 6.96. The fraction of sp³-hybridized carbons (Fsp3) is 0.200. The smallest absolute Gasteiger partial charge is 0.416 e. The van der Waals surface area contributed by atoms with E-state index in [0.29, 0.717) is 28.6 Å². The van der Waals surface area contributed by atoms with Crippen molar-refractivity contribution < 1.29 is 27.4 Å². The van der Waals surface area contributed by atoms with Crippen molar-refractivity contribution in [2.24, 2.45) is 4.99 Å². The fourth-order valence-corrected chi connectivity index (χ4v) is 3.56. The fourth-order valence-electron chi connectivity index (χ4n) is 2.56. The highest BCUT2D eigenvalue weighted by molar-refractivity contribution is 8.18. The van der Waals surface area contributed by atoms with Gasteiger partial charge in [-0.05, 0) is 60.7 Å². The summed E-state index contributed by atoms with van der Waals surface area (Å²) in [4.78, 5) is 16.7. The Bertz CT molecular complexity index is 1040. The van der Waals surface area contributed by atoms with Gasteiger partial charge in [0.2, 0.25) is 0 Å². The van der Waals surface area contributed by atoms with E-state index in [1.807, 2.05) is 6.92 Å². The number of amidine groups is 1. The molecule has 1 N–H and O–H groups in total. The van der Waals surface area contributed by atoms with Crippen LogP contribution in [0.5, 0.6) is 11.5 Å². The van der Waals surface area contributed by atoms with E-state index in [1.165, 1.54) is 7.11 Å². The average molecular weight is 457 g/mol. The van der Waals surface area contributed by atoms with Crippen molar-refractivity contribution in [1.29, 1.82) is 0 Å². The second-order valence-corrected chi connectivity index (χ2v) is 7.43. The molecule has 0 bridgehead atoms. The van der Waals surface area contributed by atoms with Crippen LogP contribution in [0.15, 0.2) is 46.3 Å². The number of alkyl halides is 3. The van der Waals surface area contributed by atoms with Crippen LogP contribution in [0.2, 0.25) is 5.02 Å². The van der Waals surface area contributed by atoms with Crippen molar-refractivity contribution in [3.63, 3.8) is 0 Å². The summed E-state index contributed by atoms with van der Waals surface area (Å²) in [6.45, 7) is 2.33. The number of aliphatic imine (C=N–C) groups is 1. The molecule has 5 nitrogen and oxygen atoms in total. The van der Waals surface area contributed by atoms with E-state index < -0.39 is 17.6 Å². The molecule has 0 unspecified atom stereocenters. The molecular formula is C20H16ClF3N2O3S. The quantitative estimate of drug-likeness (QED) is 0.590. The molecule has 1 aliphatic rings. The minimum atomic E-state index is -4.52. The molecule has 0 atom stereocenters. The van der Waals surface area contributed by atoms with Gasteiger partial charge in [0, 0.05) is 0 Å². The lowest BCUT2D eigenvalue weighted by Crippen LogP contribution is -2.19. The number of hydrogen-bond donors (Lipinski definition) is 1. The summed E-state index contributed by atoms with van der Waals surface area (Å²) in [5.74, 6) is 0.668. The minimum absolute atomic E-state index is 0.0408. The van der Waals surface area contributed by atoms with Crippen molar-refractivity contribution in [2.75, 3.05) is 13.7 Å². The van der Waals surface area contributed by atoms with Gasteiger partial charge in [-0.15, -0.1) is 0 Å². The largest absolute Gasteiger partial charge is 0.493 e. The molecule has 1 amide bonds. The number of rotatable bonds is 5. The van der Waals surface area contributed by atoms with E-state index in [-0.39, 0.29) is 15.9 Å². The van der Waals surface area contributed by atoms with Crippen LogP contribution in [-0.2, 0) is 11.0 Å². The van der Waals surface area contributed by atoms with Crippen LogP contribution in [0.1, 0.15) is 18.1 Å². The molecule has 0 radical (unpaired) electrons. The van der Waals surface area contributed by atoms with Crippen molar-refractivity contribution in [3.05, 3.63) is 57.5 Å². The summed E-state index contributed by atoms with van der Waals surface area (Å²) in [5.41, 5.74) is -0.276. The van der Waals surface area contributed by atoms with Crippen LogP contribution < -0.4 is 14.8 Å². The maximum atomic E-state index is 12.9. The van der Waals surface area contributed by atoms with Crippen LogP contribution in [0, 0.1) is 0 Å². The predicted molar refractivity (Wildman–Crippen MR) is 111 cm³/mol. The van der Waals surface area contributed by atoms with E-state index in [4.69, 9.17) is 21.1 Å². The Hall–Kier alpha value is -2.65. The van der Waals surface area contributed by atoms with Crippen molar-refractivity contribution in [3.8, 4) is 11.5 Å². The Morgan fingerprint density at radius 2 is 1.97 bits per heavy atom. The van der Waals surface area contributed by atoms with Gasteiger partial charge in [-0.2, -0.15) is 13.2 Å². The molecule has 0 aromatic heterocycles. The monoisotopic (exact) mass is 456 g/mol. The highest BCUT2D eigenvalue weighted by Crippen LogP contribution is 2.37. The molecule has 1 saturated heterocycles. The molecule has 0 aliphatic carbocycles. The number of hydrogen-bond acceptors (Lipinski definition) is 5. The zero-order chi connectivity index (χ0) is 21.9. The zero-order valence-corrected chi connectivity index (χ0v) is 17.4. The summed E-state index contributed by atoms with van der Waals surface area (Å²) in [6, 6.07) is 8.02. The maximum Gasteiger partial charge on any atom is 0.416 e. The summed E-state index contributed by atoms with van der Waals surface area (Å²) in [7, 11) is 1.51. The number of amides is 1. The lowest BCUT2D eigenvalue weighted by atomic mass is 10.2. The highest BCUT2D eigenvalue weighted by Gasteiger charge is 2.31. The van der Waals surface area contributed by atoms with E-state index in [1.54, 1.807) is 24.3 Å². The number of nitrogens with one attached hydrogen (secondary N) is 1. The first-order valence-electron chi connectivity index (χ1n) is 8.68. The van der Waals surface area contributed by atoms with E-state index >= 15 is 0 Å². The van der Waals surface area contributed by atoms with Gasteiger partial charge >= 0.3 is 6.18 Å². The molecule has 1 heterocycles. The second kappa shape index (κ2) is 9.01. The van der Waals surface area contributed by atoms with Gasteiger partial charge in [-0.3, -0.25) is 4.79 Å². The Morgan fingerprint density at radius 3 is 2.63 bits per heavy atom. The molecule has 158 valence electrons. The van der Waals surface area contributed by atoms with Gasteiger partial charge in [0.1, 0.15) is 0 Å². The van der Waals surface area contributed by atoms with Gasteiger partial charge in [0.25, 0.3) is 5.91 Å². The number of halogens is 4. The molecule has 1 aliphatic heterocycles. The van der Waals surface area contributed by atoms with Crippen molar-refractivity contribution in [1.82, 2.24) is 5.32 Å². The summed E-state index contributed by atoms with van der Waals surface area (Å²) in [6.07, 6.45) is -2.90. The first-order chi connectivity index (χ1) is 14.2. The normalized spacial score (nSPS) is 16.8. The Balaban J connectivity index is 1.87. The number of carbonyl (C=O) groups excluding carboxylic acids is 1. The van der Waals surface area contributed by atoms with Gasteiger partial charge in [-0.1, -0.05) is 17.7 Å². The standard InChI is InChI=1S/C20H16ClF3N2O3S/c1-3-29-15-7-4-11(8-16(15)28-2)9-17-18(27)26-19(30-17)25-14-10-12(20(22,23)24)5-6-13(14)21/h4-10H,3H2,1-2H3,(H,25,26,27). The Morgan fingerprint density at radius 1 is 1.20 bits per heavy atom. The molecule has 2 aromatic rings. The van der Waals surface area contributed by atoms with Gasteiger partial charge in [0.05, 0.1) is 34.9 Å². The third-order valence-corrected chi connectivity index (χ3v) is 5.16. The molecule has 0 spiro atoms. The van der Waals surface area contributed by atoms with E-state index in [9.17, 15) is 18.0 Å². The maximum absolute atomic E-state index is 12.9. The van der Waals surface area contributed by atoms with Crippen LogP contribution in [0.25, 0.3) is 6.08 Å². The highest BCUT2D eigenvalue weighted by atomic mass is 35.5. The Kier molecular flexibility index (Phi) is 6.62. The van der Waals surface area contributed by atoms with Crippen molar-refractivity contribution >= 4 is 46.2 Å². The summed E-state index contributed by atoms with van der Waals surface area (Å²) < 4.78 is 49.5. The second-order valence-electron chi connectivity index (χ2n) is 5.99. The third-order valence-electron chi connectivity index (χ3n) is 3.93. The van der Waals surface area contributed by atoms with Gasteiger partial charge < -0.3 is 14.8 Å². The molecule has 0 saturated carbocycles. The number of ether oxygens (including phenoxy) is 2. The number of thioether (sulfide) groups is 1. The molecule has 10 heteroatoms. The lowest BCUT2D eigenvalue weighted by Gasteiger charge is -2.09. The predicted octanol–water partition coefficient (Wildman–Crippen LogP) is 5.66. The van der Waals surface area contributed by atoms with Crippen LogP contribution in [-0.4, -0.2) is 24.8 Å². The van der Waals surface area contributed by atoms with Crippen molar-refractivity contribution in [2.45, 2.75) is 13.1 Å². The van der Waals surface area contributed by atoms with Gasteiger partial charge in [-0.25, -0.2) is 4.99 Å². The minimum Gasteiger partial charge on any atom is -0.493 e. The van der Waals surface area contributed by atoms with E-state index in [2.05, 4.69) is 10.3 Å². The molecule has 1 fully saturated rings. The first kappa shape index (κ1) is 22.0. The average Bonchev–Trinajstić information content (AvgIpc) is 3.02. The van der Waals surface area contributed by atoms with Crippen LogP contribution >= 0.6 is 23.4 Å². The zero-order valence-electron chi connectivity index (χ0n) is 15.8. The van der Waals surface area contributed by atoms with E-state index in [0.717, 1.165) is 30.0 Å². The molecule has 30 heavy (non-hydrogen) atoms.